The minimum absolute atomic E-state index is 0.155. The van der Waals surface area contributed by atoms with Crippen LogP contribution in [0.15, 0.2) is 34.7 Å². The molecule has 0 aliphatic carbocycles. The summed E-state index contributed by atoms with van der Waals surface area (Å²) in [4.78, 5) is 1.96. The monoisotopic (exact) mass is 277 g/mol. The Labute approximate surface area is 117 Å². The summed E-state index contributed by atoms with van der Waals surface area (Å²) in [6.07, 6.45) is 0. The first-order chi connectivity index (χ1) is 9.44. The summed E-state index contributed by atoms with van der Waals surface area (Å²) in [7, 11) is 0.222. The maximum Gasteiger partial charge on any atom is 0.488 e. The third kappa shape index (κ3) is 3.93. The number of halogens is 1. The summed E-state index contributed by atoms with van der Waals surface area (Å²) in [5.74, 6) is 1.21. The van der Waals surface area contributed by atoms with Crippen LogP contribution in [0.3, 0.4) is 0 Å². The zero-order chi connectivity index (χ0) is 14.7. The molecule has 0 bridgehead atoms. The molecule has 0 radical (unpaired) electrons. The van der Waals surface area contributed by atoms with Crippen molar-refractivity contribution in [1.82, 2.24) is 4.90 Å². The molecule has 0 aliphatic rings. The van der Waals surface area contributed by atoms with Crippen LogP contribution in [0.2, 0.25) is 0 Å². The van der Waals surface area contributed by atoms with Gasteiger partial charge in [0.15, 0.2) is 0 Å². The summed E-state index contributed by atoms with van der Waals surface area (Å²) in [5, 5.41) is 18.2. The van der Waals surface area contributed by atoms with Crippen LogP contribution in [-0.4, -0.2) is 29.1 Å². The van der Waals surface area contributed by atoms with Gasteiger partial charge in [0.25, 0.3) is 0 Å². The van der Waals surface area contributed by atoms with Crippen LogP contribution in [0.5, 0.6) is 0 Å². The van der Waals surface area contributed by atoms with Crippen molar-refractivity contribution in [2.45, 2.75) is 20.0 Å². The number of furan rings is 1. The van der Waals surface area contributed by atoms with Gasteiger partial charge in [-0.15, -0.1) is 0 Å². The molecule has 0 fully saturated rings. The van der Waals surface area contributed by atoms with E-state index in [1.807, 2.05) is 31.0 Å². The van der Waals surface area contributed by atoms with E-state index in [2.05, 4.69) is 0 Å². The minimum Gasteiger partial charge on any atom is -0.465 e. The molecule has 1 aromatic carbocycles. The normalized spacial score (nSPS) is 11.1. The highest BCUT2D eigenvalue weighted by molar-refractivity contribution is 6.58. The Kier molecular flexibility index (Phi) is 4.59. The van der Waals surface area contributed by atoms with Crippen LogP contribution in [-0.2, 0) is 13.1 Å². The molecule has 0 saturated heterocycles. The van der Waals surface area contributed by atoms with Crippen molar-refractivity contribution in [3.05, 3.63) is 53.2 Å². The maximum atomic E-state index is 13.4. The molecular formula is C14H17BFNO3. The second kappa shape index (κ2) is 6.22. The highest BCUT2D eigenvalue weighted by atomic mass is 19.1. The Morgan fingerprint density at radius 1 is 1.20 bits per heavy atom. The van der Waals surface area contributed by atoms with Gasteiger partial charge in [0.05, 0.1) is 6.54 Å². The molecule has 2 N–H and O–H groups in total. The van der Waals surface area contributed by atoms with Gasteiger partial charge in [0, 0.05) is 6.54 Å². The first-order valence-electron chi connectivity index (χ1n) is 6.33. The van der Waals surface area contributed by atoms with Crippen LogP contribution < -0.4 is 5.46 Å². The minimum atomic E-state index is -1.66. The number of hydrogen-bond acceptors (Lipinski definition) is 4. The molecule has 1 aromatic heterocycles. The third-order valence-electron chi connectivity index (χ3n) is 2.95. The summed E-state index contributed by atoms with van der Waals surface area (Å²) in [6.45, 7) is 2.96. The third-order valence-corrected chi connectivity index (χ3v) is 2.95. The molecule has 0 aliphatic heterocycles. The zero-order valence-corrected chi connectivity index (χ0v) is 11.5. The maximum absolute atomic E-state index is 13.4. The van der Waals surface area contributed by atoms with Crippen molar-refractivity contribution in [3.8, 4) is 0 Å². The van der Waals surface area contributed by atoms with Crippen molar-refractivity contribution in [2.75, 3.05) is 7.05 Å². The Bertz CT molecular complexity index is 586. The van der Waals surface area contributed by atoms with Crippen molar-refractivity contribution in [3.63, 3.8) is 0 Å². The van der Waals surface area contributed by atoms with E-state index in [0.717, 1.165) is 17.6 Å². The molecular weight excluding hydrogens is 260 g/mol. The first-order valence-corrected chi connectivity index (χ1v) is 6.33. The van der Waals surface area contributed by atoms with Gasteiger partial charge in [0.2, 0.25) is 0 Å². The molecule has 20 heavy (non-hydrogen) atoms. The van der Waals surface area contributed by atoms with E-state index in [1.165, 1.54) is 6.07 Å². The van der Waals surface area contributed by atoms with Crippen molar-refractivity contribution >= 4 is 12.6 Å². The molecule has 4 nitrogen and oxygen atoms in total. The zero-order valence-electron chi connectivity index (χ0n) is 11.5. The molecule has 0 unspecified atom stereocenters. The van der Waals surface area contributed by atoms with Gasteiger partial charge in [-0.2, -0.15) is 0 Å². The fourth-order valence-electron chi connectivity index (χ4n) is 2.12. The molecule has 0 saturated carbocycles. The lowest BCUT2D eigenvalue weighted by atomic mass is 9.79. The Morgan fingerprint density at radius 3 is 2.55 bits per heavy atom. The van der Waals surface area contributed by atoms with Gasteiger partial charge < -0.3 is 14.5 Å². The van der Waals surface area contributed by atoms with E-state index in [9.17, 15) is 4.39 Å². The van der Waals surface area contributed by atoms with Crippen LogP contribution in [0.4, 0.5) is 4.39 Å². The second-order valence-corrected chi connectivity index (χ2v) is 4.95. The fraction of sp³-hybridized carbons (Fsp3) is 0.286. The average Bonchev–Trinajstić information content (AvgIpc) is 2.73. The average molecular weight is 277 g/mol. The number of hydrogen-bond donors (Lipinski definition) is 2. The standard InChI is InChI=1S/C14H17BFNO3/c1-10-3-4-14(20-10)9-17(2)8-11-5-12(15(18)19)7-13(16)6-11/h3-7,18-19H,8-9H2,1-2H3. The molecule has 6 heteroatoms. The highest BCUT2D eigenvalue weighted by Crippen LogP contribution is 2.11. The smallest absolute Gasteiger partial charge is 0.465 e. The fourth-order valence-corrected chi connectivity index (χ4v) is 2.12. The number of benzene rings is 1. The Morgan fingerprint density at radius 2 is 1.95 bits per heavy atom. The van der Waals surface area contributed by atoms with Crippen molar-refractivity contribution in [1.29, 1.82) is 0 Å². The SMILES string of the molecule is Cc1ccc(CN(C)Cc2cc(F)cc(B(O)O)c2)o1. The largest absolute Gasteiger partial charge is 0.488 e. The van der Waals surface area contributed by atoms with Crippen LogP contribution in [0.1, 0.15) is 17.1 Å². The van der Waals surface area contributed by atoms with Crippen LogP contribution in [0.25, 0.3) is 0 Å². The summed E-state index contributed by atoms with van der Waals surface area (Å²) in [6, 6.07) is 7.88. The quantitative estimate of drug-likeness (QED) is 0.802. The lowest BCUT2D eigenvalue weighted by molar-refractivity contribution is 0.285. The van der Waals surface area contributed by atoms with Gasteiger partial charge in [-0.3, -0.25) is 4.90 Å². The second-order valence-electron chi connectivity index (χ2n) is 4.95. The van der Waals surface area contributed by atoms with E-state index in [4.69, 9.17) is 14.5 Å². The number of rotatable bonds is 5. The predicted molar refractivity (Wildman–Crippen MR) is 74.8 cm³/mol. The van der Waals surface area contributed by atoms with E-state index < -0.39 is 12.9 Å². The Balaban J connectivity index is 2.05. The molecule has 106 valence electrons. The summed E-state index contributed by atoms with van der Waals surface area (Å²) >= 11 is 0. The molecule has 0 atom stereocenters. The molecule has 1 heterocycles. The number of nitrogens with zero attached hydrogens (tertiary/aromatic N) is 1. The van der Waals surface area contributed by atoms with Crippen LogP contribution in [0, 0.1) is 12.7 Å². The molecule has 2 rings (SSSR count). The van der Waals surface area contributed by atoms with E-state index in [-0.39, 0.29) is 5.46 Å². The van der Waals surface area contributed by atoms with Crippen molar-refractivity contribution in [2.24, 2.45) is 0 Å². The van der Waals surface area contributed by atoms with E-state index in [1.54, 1.807) is 6.07 Å². The molecule has 2 aromatic rings. The van der Waals surface area contributed by atoms with Gasteiger partial charge in [-0.05, 0) is 49.3 Å². The Hall–Kier alpha value is -1.63. The lowest BCUT2D eigenvalue weighted by Crippen LogP contribution is -2.31. The summed E-state index contributed by atoms with van der Waals surface area (Å²) in [5.41, 5.74) is 0.834. The number of aryl methyl sites for hydroxylation is 1. The summed E-state index contributed by atoms with van der Waals surface area (Å²) < 4.78 is 18.9. The van der Waals surface area contributed by atoms with Crippen LogP contribution >= 0.6 is 0 Å². The highest BCUT2D eigenvalue weighted by Gasteiger charge is 2.14. The van der Waals surface area contributed by atoms with Gasteiger partial charge >= 0.3 is 7.12 Å². The van der Waals surface area contributed by atoms with Gasteiger partial charge in [0.1, 0.15) is 17.3 Å². The molecule has 0 amide bonds. The molecule has 0 spiro atoms. The topological polar surface area (TPSA) is 56.8 Å². The van der Waals surface area contributed by atoms with Gasteiger partial charge in [-0.25, -0.2) is 4.39 Å². The predicted octanol–water partition coefficient (Wildman–Crippen LogP) is 1.04. The van der Waals surface area contributed by atoms with Crippen molar-refractivity contribution < 1.29 is 18.9 Å². The lowest BCUT2D eigenvalue weighted by Gasteiger charge is -2.16. The first kappa shape index (κ1) is 14.8. The van der Waals surface area contributed by atoms with E-state index >= 15 is 0 Å². The van der Waals surface area contributed by atoms with E-state index in [0.29, 0.717) is 18.7 Å². The van der Waals surface area contributed by atoms with Gasteiger partial charge in [-0.1, -0.05) is 6.07 Å².